The van der Waals surface area contributed by atoms with Crippen molar-refractivity contribution in [2.75, 3.05) is 0 Å². The zero-order valence-corrected chi connectivity index (χ0v) is 14.6. The Morgan fingerprint density at radius 2 is 2.04 bits per heavy atom. The summed E-state index contributed by atoms with van der Waals surface area (Å²) in [5.74, 6) is -0.612. The molecule has 0 saturated carbocycles. The van der Waals surface area contributed by atoms with Crippen molar-refractivity contribution in [2.45, 2.75) is 13.8 Å². The highest BCUT2D eigenvalue weighted by Crippen LogP contribution is 2.35. The number of rotatable bonds is 2. The monoisotopic (exact) mass is 354 g/mol. The first-order valence-electron chi connectivity index (χ1n) is 7.79. The van der Waals surface area contributed by atoms with Crippen LogP contribution < -0.4 is 0 Å². The van der Waals surface area contributed by atoms with Gasteiger partial charge in [-0.25, -0.2) is 14.4 Å². The highest BCUT2D eigenvalue weighted by Gasteiger charge is 2.19. The number of nitrogens with zero attached hydrogens (tertiary/aromatic N) is 4. The zero-order valence-electron chi connectivity index (χ0n) is 13.8. The Labute approximate surface area is 150 Å². The Bertz CT molecular complexity index is 915. The lowest BCUT2D eigenvalue weighted by atomic mass is 9.92. The lowest BCUT2D eigenvalue weighted by molar-refractivity contribution is 0.661. The van der Waals surface area contributed by atoms with E-state index in [-0.39, 0.29) is 11.2 Å². The summed E-state index contributed by atoms with van der Waals surface area (Å²) in [6.45, 7) is 3.95. The van der Waals surface area contributed by atoms with Gasteiger partial charge >= 0.3 is 0 Å². The Morgan fingerprint density at radius 1 is 1.20 bits per heavy atom. The molecule has 0 N–H and O–H groups in total. The third-order valence-electron chi connectivity index (χ3n) is 3.79. The molecule has 0 aliphatic carbocycles. The van der Waals surface area contributed by atoms with E-state index in [2.05, 4.69) is 20.2 Å². The van der Waals surface area contributed by atoms with E-state index in [9.17, 15) is 4.39 Å². The molecular formula is C19H16ClFN4. The normalized spacial score (nSPS) is 17.8. The first-order valence-corrected chi connectivity index (χ1v) is 8.17. The van der Waals surface area contributed by atoms with E-state index in [1.54, 1.807) is 18.3 Å². The fourth-order valence-corrected chi connectivity index (χ4v) is 2.78. The maximum Gasteiger partial charge on any atom is 0.222 e. The smallest absolute Gasteiger partial charge is 0.222 e. The number of aromatic nitrogens is 2. The highest BCUT2D eigenvalue weighted by molar-refractivity contribution is 6.28. The molecule has 0 bridgehead atoms. The van der Waals surface area contributed by atoms with Gasteiger partial charge in [0.05, 0.1) is 17.6 Å². The van der Waals surface area contributed by atoms with Gasteiger partial charge < -0.3 is 0 Å². The summed E-state index contributed by atoms with van der Waals surface area (Å²) in [5.41, 5.74) is 4.03. The molecule has 4 nitrogen and oxygen atoms in total. The Balaban J connectivity index is 2.29. The quantitative estimate of drug-likeness (QED) is 0.642. The highest BCUT2D eigenvalue weighted by atomic mass is 35.5. The van der Waals surface area contributed by atoms with Gasteiger partial charge in [-0.05, 0) is 36.7 Å². The fraction of sp³-hybridized carbons (Fsp3) is 0.158. The van der Waals surface area contributed by atoms with Crippen LogP contribution in [0.25, 0.3) is 11.3 Å². The first-order chi connectivity index (χ1) is 12.0. The summed E-state index contributed by atoms with van der Waals surface area (Å²) in [6.07, 6.45) is 5.81. The van der Waals surface area contributed by atoms with Crippen molar-refractivity contribution in [3.05, 3.63) is 82.8 Å². The van der Waals surface area contributed by atoms with Crippen LogP contribution in [0, 0.1) is 12.8 Å². The minimum absolute atomic E-state index is 0.144. The summed E-state index contributed by atoms with van der Waals surface area (Å²) in [5, 5.41) is 8.33. The van der Waals surface area contributed by atoms with Crippen molar-refractivity contribution in [1.29, 1.82) is 0 Å². The number of allylic oxidation sites excluding steroid dienone is 4. The van der Waals surface area contributed by atoms with Gasteiger partial charge in [-0.2, -0.15) is 10.2 Å². The average Bonchev–Trinajstić information content (AvgIpc) is 2.65. The molecule has 0 spiro atoms. The summed E-state index contributed by atoms with van der Waals surface area (Å²) in [7, 11) is 0. The van der Waals surface area contributed by atoms with Crippen LogP contribution in [-0.4, -0.2) is 9.97 Å². The van der Waals surface area contributed by atoms with Crippen molar-refractivity contribution in [1.82, 2.24) is 9.97 Å². The zero-order chi connectivity index (χ0) is 17.8. The van der Waals surface area contributed by atoms with E-state index in [1.807, 2.05) is 38.1 Å². The summed E-state index contributed by atoms with van der Waals surface area (Å²) in [6, 6.07) is 9.66. The summed E-state index contributed by atoms with van der Waals surface area (Å²) >= 11 is 5.97. The van der Waals surface area contributed by atoms with Crippen LogP contribution in [0.3, 0.4) is 0 Å². The minimum Gasteiger partial charge on any atom is -0.226 e. The molecular weight excluding hydrogens is 339 g/mol. The Hall–Kier alpha value is -2.66. The average molecular weight is 355 g/mol. The van der Waals surface area contributed by atoms with Gasteiger partial charge in [-0.3, -0.25) is 0 Å². The van der Waals surface area contributed by atoms with Gasteiger partial charge in [0.2, 0.25) is 5.28 Å². The van der Waals surface area contributed by atoms with Crippen molar-refractivity contribution in [3.63, 3.8) is 0 Å². The van der Waals surface area contributed by atoms with Crippen LogP contribution in [0.5, 0.6) is 0 Å². The molecule has 126 valence electrons. The summed E-state index contributed by atoms with van der Waals surface area (Å²) in [4.78, 5) is 8.25. The van der Waals surface area contributed by atoms with Crippen LogP contribution in [0.4, 0.5) is 4.39 Å². The molecule has 1 aromatic carbocycles. The molecule has 2 heterocycles. The number of hydrogen-bond donors (Lipinski definition) is 0. The van der Waals surface area contributed by atoms with E-state index >= 15 is 0 Å². The van der Waals surface area contributed by atoms with Gasteiger partial charge in [0.1, 0.15) is 5.83 Å². The third-order valence-corrected chi connectivity index (χ3v) is 3.97. The van der Waals surface area contributed by atoms with Gasteiger partial charge in [0.25, 0.3) is 0 Å². The Kier molecular flexibility index (Phi) is 5.14. The second-order valence-corrected chi connectivity index (χ2v) is 6.06. The van der Waals surface area contributed by atoms with Crippen LogP contribution in [0.2, 0.25) is 5.28 Å². The predicted molar refractivity (Wildman–Crippen MR) is 97.4 cm³/mol. The molecule has 0 amide bonds. The fourth-order valence-electron chi connectivity index (χ4n) is 2.63. The van der Waals surface area contributed by atoms with Crippen molar-refractivity contribution in [3.8, 4) is 0 Å². The molecule has 25 heavy (non-hydrogen) atoms. The molecule has 6 heteroatoms. The number of halogens is 2. The van der Waals surface area contributed by atoms with Crippen LogP contribution in [-0.2, 0) is 0 Å². The molecule has 1 aliphatic heterocycles. The maximum absolute atomic E-state index is 13.7. The molecule has 1 aromatic heterocycles. The van der Waals surface area contributed by atoms with Crippen molar-refractivity contribution in [2.24, 2.45) is 16.1 Å². The second-order valence-electron chi connectivity index (χ2n) is 5.72. The van der Waals surface area contributed by atoms with Gasteiger partial charge in [-0.15, -0.1) is 0 Å². The molecule has 1 unspecified atom stereocenters. The molecule has 0 saturated heterocycles. The van der Waals surface area contributed by atoms with E-state index < -0.39 is 5.83 Å². The number of hydrogen-bond acceptors (Lipinski definition) is 4. The molecule has 2 aromatic rings. The molecule has 0 radical (unpaired) electrons. The van der Waals surface area contributed by atoms with Gasteiger partial charge in [-0.1, -0.05) is 36.8 Å². The third kappa shape index (κ3) is 4.06. The van der Waals surface area contributed by atoms with E-state index in [4.69, 9.17) is 11.6 Å². The molecule has 1 aliphatic rings. The largest absolute Gasteiger partial charge is 0.226 e. The standard InChI is InChI=1S/C19H16ClFN4/c1-12-4-3-5-14(10-12)18-17(16-8-9-22-19(20)24-16)13(2)6-7-15(21)11-23-25-18/h3-11,13H,1-2H3. The molecule has 0 fully saturated rings. The van der Waals surface area contributed by atoms with Gasteiger partial charge in [0.15, 0.2) is 0 Å². The lowest BCUT2D eigenvalue weighted by Gasteiger charge is -2.16. The van der Waals surface area contributed by atoms with Crippen LogP contribution in [0.15, 0.2) is 70.9 Å². The van der Waals surface area contributed by atoms with Crippen molar-refractivity contribution >= 4 is 22.9 Å². The van der Waals surface area contributed by atoms with Gasteiger partial charge in [0, 0.05) is 23.3 Å². The summed E-state index contributed by atoms with van der Waals surface area (Å²) < 4.78 is 13.7. The minimum atomic E-state index is -0.457. The van der Waals surface area contributed by atoms with E-state index in [1.165, 1.54) is 6.08 Å². The number of aryl methyl sites for hydroxylation is 1. The molecule has 1 atom stereocenters. The molecule has 3 rings (SSSR count). The van der Waals surface area contributed by atoms with Crippen LogP contribution in [0.1, 0.15) is 23.7 Å². The second kappa shape index (κ2) is 7.49. The lowest BCUT2D eigenvalue weighted by Crippen LogP contribution is -2.02. The van der Waals surface area contributed by atoms with E-state index in [0.29, 0.717) is 11.4 Å². The number of benzene rings is 1. The first kappa shape index (κ1) is 17.2. The Morgan fingerprint density at radius 3 is 2.80 bits per heavy atom. The van der Waals surface area contributed by atoms with E-state index in [0.717, 1.165) is 22.9 Å². The van der Waals surface area contributed by atoms with Crippen LogP contribution >= 0.6 is 11.6 Å². The number of azo groups is 1. The topological polar surface area (TPSA) is 50.5 Å². The maximum atomic E-state index is 13.7. The SMILES string of the molecule is Cc1cccc(C2=C(c3ccnc(Cl)n3)C(C)C=CC(F)=CN=N2)c1. The predicted octanol–water partition coefficient (Wildman–Crippen LogP) is 5.78. The van der Waals surface area contributed by atoms with Crippen molar-refractivity contribution < 1.29 is 4.39 Å².